The minimum Gasteiger partial charge on any atom is -0.494 e. The van der Waals surface area contributed by atoms with Crippen molar-refractivity contribution in [3.63, 3.8) is 0 Å². The Labute approximate surface area is 125 Å². The Balaban J connectivity index is 1.59. The molecule has 1 aliphatic carbocycles. The second kappa shape index (κ2) is 6.08. The maximum atomic E-state index is 5.45. The molecule has 1 aliphatic heterocycles. The summed E-state index contributed by atoms with van der Waals surface area (Å²) >= 11 is 1.88. The van der Waals surface area contributed by atoms with Crippen molar-refractivity contribution in [2.45, 2.75) is 32.6 Å². The highest BCUT2D eigenvalue weighted by Gasteiger charge is 2.36. The van der Waals surface area contributed by atoms with E-state index in [9.17, 15) is 0 Å². The molecule has 1 saturated carbocycles. The number of nitrogens with zero attached hydrogens (tertiary/aromatic N) is 1. The Hall–Kier alpha value is -1.16. The van der Waals surface area contributed by atoms with Crippen LogP contribution in [0, 0.1) is 5.41 Å². The molecule has 0 unspecified atom stereocenters. The van der Waals surface area contributed by atoms with Gasteiger partial charge in [0, 0.05) is 18.0 Å². The molecule has 3 nitrogen and oxygen atoms in total. The number of hydrogen-bond donors (Lipinski definition) is 1. The first-order valence-electron chi connectivity index (χ1n) is 7.47. The molecular weight excluding hydrogens is 268 g/mol. The van der Waals surface area contributed by atoms with Gasteiger partial charge in [-0.1, -0.05) is 24.6 Å². The molecule has 0 radical (unpaired) electrons. The molecular formula is C16H22N2OS. The molecule has 2 aliphatic rings. The Morgan fingerprint density at radius 3 is 2.60 bits per heavy atom. The second-order valence-electron chi connectivity index (χ2n) is 5.70. The number of hydrogen-bond acceptors (Lipinski definition) is 4. The van der Waals surface area contributed by atoms with Crippen molar-refractivity contribution < 1.29 is 4.74 Å². The average Bonchev–Trinajstić information content (AvgIpc) is 2.93. The van der Waals surface area contributed by atoms with Crippen LogP contribution in [-0.4, -0.2) is 24.1 Å². The third-order valence-electron chi connectivity index (χ3n) is 4.15. The zero-order chi connectivity index (χ0) is 13.8. The van der Waals surface area contributed by atoms with Crippen molar-refractivity contribution >= 4 is 22.6 Å². The Morgan fingerprint density at radius 1 is 1.25 bits per heavy atom. The van der Waals surface area contributed by atoms with E-state index in [0.717, 1.165) is 23.1 Å². The van der Waals surface area contributed by atoms with Gasteiger partial charge in [0.1, 0.15) is 5.75 Å². The van der Waals surface area contributed by atoms with Crippen LogP contribution in [0.5, 0.6) is 5.75 Å². The maximum absolute atomic E-state index is 5.45. The van der Waals surface area contributed by atoms with Gasteiger partial charge >= 0.3 is 0 Å². The van der Waals surface area contributed by atoms with Crippen molar-refractivity contribution in [1.29, 1.82) is 0 Å². The van der Waals surface area contributed by atoms with Crippen LogP contribution in [0.1, 0.15) is 32.6 Å². The quantitative estimate of drug-likeness (QED) is 0.907. The molecule has 0 atom stereocenters. The maximum Gasteiger partial charge on any atom is 0.161 e. The van der Waals surface area contributed by atoms with Crippen molar-refractivity contribution in [2.75, 3.05) is 24.2 Å². The lowest BCUT2D eigenvalue weighted by atomic mass is 9.89. The minimum atomic E-state index is 0.509. The van der Waals surface area contributed by atoms with E-state index in [1.165, 1.54) is 31.4 Å². The molecule has 0 amide bonds. The molecule has 4 heteroatoms. The number of benzene rings is 1. The Morgan fingerprint density at radius 2 is 2.00 bits per heavy atom. The lowest BCUT2D eigenvalue weighted by Gasteiger charge is -2.31. The van der Waals surface area contributed by atoms with E-state index in [-0.39, 0.29) is 0 Å². The summed E-state index contributed by atoms with van der Waals surface area (Å²) in [7, 11) is 0. The molecule has 0 saturated heterocycles. The molecule has 0 bridgehead atoms. The summed E-state index contributed by atoms with van der Waals surface area (Å²) in [6.07, 6.45) is 5.50. The number of ether oxygens (including phenoxy) is 1. The van der Waals surface area contributed by atoms with E-state index < -0.39 is 0 Å². The summed E-state index contributed by atoms with van der Waals surface area (Å²) in [5, 5.41) is 4.48. The number of nitrogens with one attached hydrogen (secondary N) is 1. The first kappa shape index (κ1) is 13.8. The molecule has 0 aromatic heterocycles. The zero-order valence-corrected chi connectivity index (χ0v) is 12.8. The average molecular weight is 290 g/mol. The highest BCUT2D eigenvalue weighted by Crippen LogP contribution is 2.43. The molecule has 1 aromatic carbocycles. The first-order chi connectivity index (χ1) is 9.80. The van der Waals surface area contributed by atoms with Crippen LogP contribution in [-0.2, 0) is 0 Å². The van der Waals surface area contributed by atoms with E-state index in [4.69, 9.17) is 9.73 Å². The van der Waals surface area contributed by atoms with E-state index in [2.05, 4.69) is 5.32 Å². The topological polar surface area (TPSA) is 33.6 Å². The van der Waals surface area contributed by atoms with Gasteiger partial charge in [0.15, 0.2) is 5.17 Å². The van der Waals surface area contributed by atoms with E-state index in [0.29, 0.717) is 12.0 Å². The SMILES string of the molecule is CCOc1ccc(NC2=NCC3(CCCC3)CS2)cc1. The Kier molecular flexibility index (Phi) is 4.20. The van der Waals surface area contributed by atoms with Crippen LogP contribution < -0.4 is 10.1 Å². The number of rotatable bonds is 3. The van der Waals surface area contributed by atoms with Gasteiger partial charge in [0.25, 0.3) is 0 Å². The molecule has 1 fully saturated rings. The summed E-state index contributed by atoms with van der Waals surface area (Å²) in [4.78, 5) is 4.76. The highest BCUT2D eigenvalue weighted by atomic mass is 32.2. The summed E-state index contributed by atoms with van der Waals surface area (Å²) in [6, 6.07) is 8.10. The largest absolute Gasteiger partial charge is 0.494 e. The lowest BCUT2D eigenvalue weighted by molar-refractivity contribution is 0.340. The van der Waals surface area contributed by atoms with Crippen LogP contribution in [0.15, 0.2) is 29.3 Å². The van der Waals surface area contributed by atoms with Crippen LogP contribution in [0.4, 0.5) is 5.69 Å². The third kappa shape index (κ3) is 3.11. The van der Waals surface area contributed by atoms with Crippen LogP contribution in [0.2, 0.25) is 0 Å². The molecule has 1 heterocycles. The predicted molar refractivity (Wildman–Crippen MR) is 86.9 cm³/mol. The van der Waals surface area contributed by atoms with Gasteiger partial charge in [-0.2, -0.15) is 0 Å². The molecule has 1 spiro atoms. The van der Waals surface area contributed by atoms with Crippen LogP contribution in [0.25, 0.3) is 0 Å². The van der Waals surface area contributed by atoms with E-state index in [1.54, 1.807) is 0 Å². The van der Waals surface area contributed by atoms with Crippen molar-refractivity contribution in [3.05, 3.63) is 24.3 Å². The Bertz CT molecular complexity index is 478. The fourth-order valence-corrected chi connectivity index (χ4v) is 4.15. The summed E-state index contributed by atoms with van der Waals surface area (Å²) in [5.41, 5.74) is 1.59. The summed E-state index contributed by atoms with van der Waals surface area (Å²) in [6.45, 7) is 3.70. The fourth-order valence-electron chi connectivity index (χ4n) is 2.98. The van der Waals surface area contributed by atoms with Gasteiger partial charge in [-0.25, -0.2) is 0 Å². The highest BCUT2D eigenvalue weighted by molar-refractivity contribution is 8.14. The predicted octanol–water partition coefficient (Wildman–Crippen LogP) is 4.16. The smallest absolute Gasteiger partial charge is 0.161 e. The molecule has 1 aromatic rings. The number of anilines is 1. The van der Waals surface area contributed by atoms with Gasteiger partial charge in [-0.05, 0) is 49.4 Å². The van der Waals surface area contributed by atoms with Crippen molar-refractivity contribution in [1.82, 2.24) is 0 Å². The van der Waals surface area contributed by atoms with Crippen LogP contribution in [0.3, 0.4) is 0 Å². The molecule has 3 rings (SSSR count). The monoisotopic (exact) mass is 290 g/mol. The third-order valence-corrected chi connectivity index (χ3v) is 5.42. The van der Waals surface area contributed by atoms with Gasteiger partial charge in [0.2, 0.25) is 0 Å². The number of thioether (sulfide) groups is 1. The lowest BCUT2D eigenvalue weighted by Crippen LogP contribution is -2.30. The minimum absolute atomic E-state index is 0.509. The molecule has 108 valence electrons. The van der Waals surface area contributed by atoms with E-state index >= 15 is 0 Å². The molecule has 20 heavy (non-hydrogen) atoms. The fraction of sp³-hybridized carbons (Fsp3) is 0.562. The molecule has 1 N–H and O–H groups in total. The summed E-state index contributed by atoms with van der Waals surface area (Å²) < 4.78 is 5.45. The number of aliphatic imine (C=N–C) groups is 1. The van der Waals surface area contributed by atoms with Gasteiger partial charge in [-0.3, -0.25) is 4.99 Å². The van der Waals surface area contributed by atoms with Crippen LogP contribution >= 0.6 is 11.8 Å². The standard InChI is InChI=1S/C16H22N2OS/c1-2-19-14-7-5-13(6-8-14)18-15-17-11-16(12-20-15)9-3-4-10-16/h5-8H,2-4,9-12H2,1H3,(H,17,18). The normalized spacial score (nSPS) is 20.8. The number of amidine groups is 1. The van der Waals surface area contributed by atoms with Crippen molar-refractivity contribution in [3.8, 4) is 5.75 Å². The van der Waals surface area contributed by atoms with Gasteiger partial charge in [-0.15, -0.1) is 0 Å². The first-order valence-corrected chi connectivity index (χ1v) is 8.45. The van der Waals surface area contributed by atoms with E-state index in [1.807, 2.05) is 43.0 Å². The van der Waals surface area contributed by atoms with Gasteiger partial charge in [0.05, 0.1) is 6.61 Å². The van der Waals surface area contributed by atoms with Crippen molar-refractivity contribution in [2.24, 2.45) is 10.4 Å². The zero-order valence-electron chi connectivity index (χ0n) is 12.0. The second-order valence-corrected chi connectivity index (χ2v) is 6.66. The summed E-state index contributed by atoms with van der Waals surface area (Å²) in [5.74, 6) is 2.14. The van der Waals surface area contributed by atoms with Gasteiger partial charge < -0.3 is 10.1 Å².